The molecule has 0 aliphatic carbocycles. The van der Waals surface area contributed by atoms with Gasteiger partial charge in [0.2, 0.25) is 0 Å². The molecule has 0 bridgehead atoms. The van der Waals surface area contributed by atoms with E-state index < -0.39 is 0 Å². The minimum Gasteiger partial charge on any atom is -0.353 e. The Morgan fingerprint density at radius 3 is 2.56 bits per heavy atom. The summed E-state index contributed by atoms with van der Waals surface area (Å²) < 4.78 is 1.79. The normalized spacial score (nSPS) is 15.1. The van der Waals surface area contributed by atoms with Gasteiger partial charge in [-0.1, -0.05) is 0 Å². The lowest BCUT2D eigenvalue weighted by atomic mass is 10.3. The van der Waals surface area contributed by atoms with Gasteiger partial charge in [0.25, 0.3) is 0 Å². The number of hydrogen-bond acceptors (Lipinski definition) is 5. The van der Waals surface area contributed by atoms with Crippen LogP contribution in [0.25, 0.3) is 5.65 Å². The molecule has 8 heteroatoms. The predicted octanol–water partition coefficient (Wildman–Crippen LogP) is 0.686. The maximum atomic E-state index is 4.55. The third kappa shape index (κ3) is 2.66. The molecule has 0 unspecified atom stereocenters. The zero-order valence-electron chi connectivity index (χ0n) is 10.0. The quantitative estimate of drug-likeness (QED) is 0.837. The average molecular weight is 291 g/mol. The smallest absolute Gasteiger partial charge is 0.178 e. The monoisotopic (exact) mass is 290 g/mol. The van der Waals surface area contributed by atoms with Gasteiger partial charge in [-0.3, -0.25) is 0 Å². The van der Waals surface area contributed by atoms with Gasteiger partial charge in [-0.2, -0.15) is 4.52 Å². The molecule has 0 amide bonds. The third-order valence-electron chi connectivity index (χ3n) is 2.85. The van der Waals surface area contributed by atoms with Gasteiger partial charge in [0, 0.05) is 26.2 Å². The summed E-state index contributed by atoms with van der Waals surface area (Å²) >= 11 is 0. The second-order valence-corrected chi connectivity index (χ2v) is 3.95. The van der Waals surface area contributed by atoms with Gasteiger partial charge in [0.1, 0.15) is 5.82 Å². The molecule has 1 N–H and O–H groups in total. The fourth-order valence-electron chi connectivity index (χ4n) is 1.95. The van der Waals surface area contributed by atoms with Gasteiger partial charge in [0.05, 0.1) is 0 Å². The minimum absolute atomic E-state index is 0. The van der Waals surface area contributed by atoms with Crippen molar-refractivity contribution in [2.75, 3.05) is 31.1 Å². The number of aryl methyl sites for hydroxylation is 1. The SMILES string of the molecule is Cc1nnc2ccc(N3CCNCC3)nn12.Cl.Cl. The van der Waals surface area contributed by atoms with E-state index in [0.717, 1.165) is 43.5 Å². The molecule has 1 aliphatic rings. The first-order chi connectivity index (χ1) is 7.84. The highest BCUT2D eigenvalue weighted by molar-refractivity contribution is 5.85. The molecule has 0 saturated carbocycles. The second-order valence-electron chi connectivity index (χ2n) is 3.95. The van der Waals surface area contributed by atoms with Crippen molar-refractivity contribution in [3.8, 4) is 0 Å². The van der Waals surface area contributed by atoms with Gasteiger partial charge in [-0.05, 0) is 19.1 Å². The summed E-state index contributed by atoms with van der Waals surface area (Å²) in [5.74, 6) is 1.82. The lowest BCUT2D eigenvalue weighted by Gasteiger charge is -2.28. The second kappa shape index (κ2) is 6.17. The Bertz CT molecular complexity index is 508. The van der Waals surface area contributed by atoms with Crippen LogP contribution in [0, 0.1) is 6.92 Å². The van der Waals surface area contributed by atoms with E-state index in [0.29, 0.717) is 0 Å². The number of piperazine rings is 1. The van der Waals surface area contributed by atoms with Crippen molar-refractivity contribution < 1.29 is 0 Å². The molecule has 6 nitrogen and oxygen atoms in total. The van der Waals surface area contributed by atoms with E-state index in [-0.39, 0.29) is 24.8 Å². The fraction of sp³-hybridized carbons (Fsp3) is 0.500. The van der Waals surface area contributed by atoms with Gasteiger partial charge < -0.3 is 10.2 Å². The van der Waals surface area contributed by atoms with Crippen LogP contribution in [0.3, 0.4) is 0 Å². The van der Waals surface area contributed by atoms with Gasteiger partial charge >= 0.3 is 0 Å². The first kappa shape index (κ1) is 14.9. The Kier molecular flexibility index (Phi) is 5.13. The molecule has 18 heavy (non-hydrogen) atoms. The van der Waals surface area contributed by atoms with E-state index in [9.17, 15) is 0 Å². The molecule has 0 radical (unpaired) electrons. The van der Waals surface area contributed by atoms with E-state index in [1.54, 1.807) is 4.52 Å². The van der Waals surface area contributed by atoms with Crippen LogP contribution in [0.2, 0.25) is 0 Å². The number of rotatable bonds is 1. The predicted molar refractivity (Wildman–Crippen MR) is 75.1 cm³/mol. The highest BCUT2D eigenvalue weighted by Gasteiger charge is 2.12. The summed E-state index contributed by atoms with van der Waals surface area (Å²) in [5.41, 5.74) is 0.802. The molecule has 1 fully saturated rings. The summed E-state index contributed by atoms with van der Waals surface area (Å²) in [7, 11) is 0. The largest absolute Gasteiger partial charge is 0.353 e. The van der Waals surface area contributed by atoms with Crippen molar-refractivity contribution in [2.24, 2.45) is 0 Å². The van der Waals surface area contributed by atoms with Gasteiger partial charge in [0.15, 0.2) is 11.5 Å². The Morgan fingerprint density at radius 1 is 1.11 bits per heavy atom. The molecule has 100 valence electrons. The summed E-state index contributed by atoms with van der Waals surface area (Å²) in [6.45, 7) is 5.94. The summed E-state index contributed by atoms with van der Waals surface area (Å²) in [4.78, 5) is 2.27. The molecule has 0 spiro atoms. The molecule has 2 aromatic rings. The molecule has 1 aliphatic heterocycles. The van der Waals surface area contributed by atoms with Crippen molar-refractivity contribution in [3.05, 3.63) is 18.0 Å². The standard InChI is InChI=1S/C10H14N6.2ClH/c1-8-12-13-9-2-3-10(14-16(8)9)15-6-4-11-5-7-15;;/h2-3,11H,4-7H2,1H3;2*1H. The first-order valence-electron chi connectivity index (χ1n) is 5.49. The van der Waals surface area contributed by atoms with Crippen LogP contribution in [-0.4, -0.2) is 46.0 Å². The minimum atomic E-state index is 0. The van der Waals surface area contributed by atoms with Crippen LogP contribution in [0.4, 0.5) is 5.82 Å². The maximum absolute atomic E-state index is 4.55. The highest BCUT2D eigenvalue weighted by atomic mass is 35.5. The number of nitrogens with zero attached hydrogens (tertiary/aromatic N) is 5. The van der Waals surface area contributed by atoms with Crippen LogP contribution in [0.15, 0.2) is 12.1 Å². The molecular formula is C10H16Cl2N6. The Balaban J connectivity index is 0.000000810. The zero-order chi connectivity index (χ0) is 11.0. The molecule has 3 heterocycles. The van der Waals surface area contributed by atoms with Crippen molar-refractivity contribution >= 4 is 36.3 Å². The van der Waals surface area contributed by atoms with Gasteiger partial charge in [-0.25, -0.2) is 0 Å². The number of anilines is 1. The molecule has 2 aromatic heterocycles. The van der Waals surface area contributed by atoms with Crippen LogP contribution < -0.4 is 10.2 Å². The molecule has 0 atom stereocenters. The van der Waals surface area contributed by atoms with E-state index in [2.05, 4.69) is 25.5 Å². The van der Waals surface area contributed by atoms with Crippen molar-refractivity contribution in [1.29, 1.82) is 0 Å². The lowest BCUT2D eigenvalue weighted by molar-refractivity contribution is 0.581. The van der Waals surface area contributed by atoms with Crippen LogP contribution in [-0.2, 0) is 0 Å². The number of aromatic nitrogens is 4. The van der Waals surface area contributed by atoms with Gasteiger partial charge in [-0.15, -0.1) is 40.1 Å². The molecule has 0 aromatic carbocycles. The highest BCUT2D eigenvalue weighted by Crippen LogP contribution is 2.12. The molecule has 1 saturated heterocycles. The maximum Gasteiger partial charge on any atom is 0.178 e. The first-order valence-corrected chi connectivity index (χ1v) is 5.49. The number of nitrogens with one attached hydrogen (secondary N) is 1. The third-order valence-corrected chi connectivity index (χ3v) is 2.85. The average Bonchev–Trinajstić information content (AvgIpc) is 2.72. The van der Waals surface area contributed by atoms with E-state index >= 15 is 0 Å². The topological polar surface area (TPSA) is 58.4 Å². The van der Waals surface area contributed by atoms with Crippen molar-refractivity contribution in [1.82, 2.24) is 25.1 Å². The summed E-state index contributed by atoms with van der Waals surface area (Å²) in [5, 5.41) is 15.9. The van der Waals surface area contributed by atoms with Crippen molar-refractivity contribution in [2.45, 2.75) is 6.92 Å². The summed E-state index contributed by atoms with van der Waals surface area (Å²) in [6.07, 6.45) is 0. The Labute approximate surface area is 118 Å². The Morgan fingerprint density at radius 2 is 1.83 bits per heavy atom. The van der Waals surface area contributed by atoms with E-state index in [1.165, 1.54) is 0 Å². The van der Waals surface area contributed by atoms with Crippen LogP contribution >= 0.6 is 24.8 Å². The van der Waals surface area contributed by atoms with E-state index in [1.807, 2.05) is 19.1 Å². The Hall–Kier alpha value is -1.11. The zero-order valence-corrected chi connectivity index (χ0v) is 11.7. The van der Waals surface area contributed by atoms with E-state index in [4.69, 9.17) is 0 Å². The number of halogens is 2. The number of hydrogen-bond donors (Lipinski definition) is 1. The molecular weight excluding hydrogens is 275 g/mol. The molecule has 3 rings (SSSR count). The van der Waals surface area contributed by atoms with Crippen molar-refractivity contribution in [3.63, 3.8) is 0 Å². The fourth-order valence-corrected chi connectivity index (χ4v) is 1.95. The summed E-state index contributed by atoms with van der Waals surface area (Å²) in [6, 6.07) is 3.97. The number of fused-ring (bicyclic) bond motifs is 1. The van der Waals surface area contributed by atoms with Crippen LogP contribution in [0.5, 0.6) is 0 Å². The lowest BCUT2D eigenvalue weighted by Crippen LogP contribution is -2.44. The van der Waals surface area contributed by atoms with Crippen LogP contribution in [0.1, 0.15) is 5.82 Å².